The van der Waals surface area contributed by atoms with Crippen LogP contribution in [0.4, 0.5) is 5.69 Å². The predicted molar refractivity (Wildman–Crippen MR) is 101 cm³/mol. The van der Waals surface area contributed by atoms with Crippen molar-refractivity contribution in [2.75, 3.05) is 11.5 Å². The van der Waals surface area contributed by atoms with Gasteiger partial charge in [0.05, 0.1) is 22.6 Å². The number of nitrogens with zero attached hydrogens (tertiary/aromatic N) is 1. The van der Waals surface area contributed by atoms with Gasteiger partial charge in [-0.15, -0.1) is 0 Å². The third-order valence-electron chi connectivity index (χ3n) is 4.50. The summed E-state index contributed by atoms with van der Waals surface area (Å²) in [6.45, 7) is 11.5. The molecule has 0 bridgehead atoms. The number of carbonyl (C=O) groups excluding carboxylic acids is 1. The summed E-state index contributed by atoms with van der Waals surface area (Å²) in [5.41, 5.74) is 8.27. The summed E-state index contributed by atoms with van der Waals surface area (Å²) in [5, 5.41) is 0.0546. The van der Waals surface area contributed by atoms with Crippen LogP contribution in [0.25, 0.3) is 6.08 Å². The van der Waals surface area contributed by atoms with Gasteiger partial charge in [-0.05, 0) is 51.7 Å². The Morgan fingerprint density at radius 3 is 2.42 bits per heavy atom. The molecular weight excluding hydrogens is 323 g/mol. The average Bonchev–Trinajstić information content (AvgIpc) is 2.67. The average molecular weight is 348 g/mol. The van der Waals surface area contributed by atoms with E-state index in [0.717, 1.165) is 16.7 Å². The first-order valence-corrected chi connectivity index (χ1v) is 8.92. The number of pyridine rings is 1. The van der Waals surface area contributed by atoms with E-state index in [1.54, 1.807) is 13.1 Å². The lowest BCUT2D eigenvalue weighted by Crippen LogP contribution is -2.41. The molecule has 1 fully saturated rings. The molecule has 0 saturated carbocycles. The highest BCUT2D eigenvalue weighted by Crippen LogP contribution is 2.39. The van der Waals surface area contributed by atoms with Crippen molar-refractivity contribution in [1.82, 2.24) is 4.98 Å². The maximum atomic E-state index is 11.4. The summed E-state index contributed by atoms with van der Waals surface area (Å²) < 4.78 is 12.2. The van der Waals surface area contributed by atoms with Crippen molar-refractivity contribution in [3.05, 3.63) is 29.0 Å². The largest absolute Gasteiger partial charge is 0.491 e. The topological polar surface area (TPSA) is 74.4 Å². The molecule has 0 amide bonds. The Bertz CT molecular complexity index is 658. The van der Waals surface area contributed by atoms with E-state index < -0.39 is 18.3 Å². The fraction of sp³-hybridized carbons (Fsp3) is 0.529. The van der Waals surface area contributed by atoms with Gasteiger partial charge in [0.2, 0.25) is 0 Å². The molecule has 7 heteroatoms. The number of nitrogens with two attached hydrogens (primary N) is 1. The molecule has 1 saturated heterocycles. The van der Waals surface area contributed by atoms with Gasteiger partial charge >= 0.3 is 7.12 Å². The summed E-state index contributed by atoms with van der Waals surface area (Å²) in [6.07, 6.45) is 3.70. The van der Waals surface area contributed by atoms with Gasteiger partial charge in [-0.3, -0.25) is 9.78 Å². The third kappa shape index (κ3) is 4.20. The van der Waals surface area contributed by atoms with Crippen molar-refractivity contribution in [2.24, 2.45) is 0 Å². The molecule has 0 radical (unpaired) electrons. The summed E-state index contributed by atoms with van der Waals surface area (Å²) >= 11 is 1.23. The first-order chi connectivity index (χ1) is 11.0. The number of aryl methyl sites for hydroxylation is 1. The highest BCUT2D eigenvalue weighted by atomic mass is 32.2. The lowest BCUT2D eigenvalue weighted by molar-refractivity contribution is -0.109. The number of carbonyl (C=O) groups is 1. The molecule has 24 heavy (non-hydrogen) atoms. The second-order valence-corrected chi connectivity index (χ2v) is 8.18. The van der Waals surface area contributed by atoms with Crippen LogP contribution in [0, 0.1) is 6.92 Å². The molecule has 0 aliphatic carbocycles. The fourth-order valence-electron chi connectivity index (χ4n) is 2.22. The van der Waals surface area contributed by atoms with Crippen LogP contribution in [0.5, 0.6) is 0 Å². The van der Waals surface area contributed by atoms with Gasteiger partial charge in [-0.25, -0.2) is 0 Å². The van der Waals surface area contributed by atoms with E-state index in [2.05, 4.69) is 4.98 Å². The Hall–Kier alpha value is -1.31. The number of anilines is 1. The zero-order valence-electron chi connectivity index (χ0n) is 15.2. The number of rotatable bonds is 4. The van der Waals surface area contributed by atoms with Crippen LogP contribution in [-0.2, 0) is 14.1 Å². The van der Waals surface area contributed by atoms with Crippen molar-refractivity contribution in [1.29, 1.82) is 0 Å². The molecule has 1 aromatic heterocycles. The zero-order chi connectivity index (χ0) is 18.1. The first-order valence-electron chi connectivity index (χ1n) is 7.93. The molecule has 0 unspecified atom stereocenters. The van der Waals surface area contributed by atoms with Crippen LogP contribution in [0.2, 0.25) is 0 Å². The van der Waals surface area contributed by atoms with Crippen molar-refractivity contribution < 1.29 is 14.1 Å². The smallest absolute Gasteiger partial charge is 0.400 e. The quantitative estimate of drug-likeness (QED) is 0.842. The van der Waals surface area contributed by atoms with Crippen molar-refractivity contribution in [3.8, 4) is 0 Å². The molecule has 1 aliphatic heterocycles. The molecule has 1 aliphatic rings. The Labute approximate surface area is 148 Å². The minimum atomic E-state index is -0.496. The molecular formula is C17H25BN2O3S. The van der Waals surface area contributed by atoms with Gasteiger partial charge in [0, 0.05) is 18.9 Å². The van der Waals surface area contributed by atoms with E-state index in [4.69, 9.17) is 15.0 Å². The maximum absolute atomic E-state index is 11.4. The molecule has 0 aromatic carbocycles. The van der Waals surface area contributed by atoms with E-state index in [1.807, 2.05) is 46.8 Å². The zero-order valence-corrected chi connectivity index (χ0v) is 16.0. The van der Waals surface area contributed by atoms with Crippen LogP contribution >= 0.6 is 11.8 Å². The monoisotopic (exact) mass is 348 g/mol. The lowest BCUT2D eigenvalue weighted by atomic mass is 9.78. The Balaban J connectivity index is 2.33. The summed E-state index contributed by atoms with van der Waals surface area (Å²) in [5.74, 6) is 0.500. The van der Waals surface area contributed by atoms with Crippen molar-refractivity contribution >= 4 is 35.8 Å². The summed E-state index contributed by atoms with van der Waals surface area (Å²) in [6, 6.07) is 1.87. The van der Waals surface area contributed by atoms with Crippen LogP contribution in [0.15, 0.2) is 17.7 Å². The highest BCUT2D eigenvalue weighted by molar-refractivity contribution is 8.13. The second kappa shape index (κ2) is 6.90. The first kappa shape index (κ1) is 19.0. The number of thioether (sulfide) groups is 1. The van der Waals surface area contributed by atoms with Crippen molar-refractivity contribution in [3.63, 3.8) is 0 Å². The highest BCUT2D eigenvalue weighted by Gasteiger charge is 2.52. The normalized spacial score (nSPS) is 19.6. The summed E-state index contributed by atoms with van der Waals surface area (Å²) in [7, 11) is -0.496. The van der Waals surface area contributed by atoms with Crippen molar-refractivity contribution in [2.45, 2.75) is 52.7 Å². The van der Waals surface area contributed by atoms with Gasteiger partial charge in [-0.1, -0.05) is 17.8 Å². The van der Waals surface area contributed by atoms with Gasteiger partial charge in [-0.2, -0.15) is 0 Å². The van der Waals surface area contributed by atoms with Crippen LogP contribution in [0.3, 0.4) is 0 Å². The Morgan fingerprint density at radius 2 is 1.92 bits per heavy atom. The van der Waals surface area contributed by atoms with Crippen LogP contribution < -0.4 is 5.73 Å². The van der Waals surface area contributed by atoms with Gasteiger partial charge < -0.3 is 15.0 Å². The number of nitrogen functional groups attached to an aromatic ring is 1. The third-order valence-corrected chi connectivity index (χ3v) is 5.38. The minimum Gasteiger partial charge on any atom is -0.400 e. The SMILES string of the molecule is CC(=O)SCC(=Cc1cnc(C)c(N)c1)B1OC(C)(C)C(C)(C)O1. The Morgan fingerprint density at radius 1 is 1.33 bits per heavy atom. The molecule has 0 spiro atoms. The molecule has 130 valence electrons. The molecule has 2 heterocycles. The molecule has 2 N–H and O–H groups in total. The van der Waals surface area contributed by atoms with E-state index in [9.17, 15) is 4.79 Å². The van der Waals surface area contributed by atoms with E-state index in [0.29, 0.717) is 11.4 Å². The molecule has 2 rings (SSSR count). The molecule has 0 atom stereocenters. The van der Waals surface area contributed by atoms with E-state index in [1.165, 1.54) is 11.8 Å². The lowest BCUT2D eigenvalue weighted by Gasteiger charge is -2.32. The standard InChI is InChI=1S/C17H25BN2O3S/c1-11-15(19)8-13(9-20-11)7-14(10-24-12(2)21)18-22-16(3,4)17(5,6)23-18/h7-9H,10,19H2,1-6H3. The van der Waals surface area contributed by atoms with Crippen LogP contribution in [0.1, 0.15) is 45.9 Å². The molecule has 5 nitrogen and oxygen atoms in total. The second-order valence-electron chi connectivity index (χ2n) is 7.03. The number of hydrogen-bond donors (Lipinski definition) is 1. The summed E-state index contributed by atoms with van der Waals surface area (Å²) in [4.78, 5) is 15.7. The number of hydrogen-bond acceptors (Lipinski definition) is 6. The van der Waals surface area contributed by atoms with Gasteiger partial charge in [0.15, 0.2) is 5.12 Å². The van der Waals surface area contributed by atoms with Gasteiger partial charge in [0.1, 0.15) is 0 Å². The van der Waals surface area contributed by atoms with Crippen LogP contribution in [-0.4, -0.2) is 34.2 Å². The van der Waals surface area contributed by atoms with E-state index >= 15 is 0 Å². The molecule has 1 aromatic rings. The maximum Gasteiger partial charge on any atom is 0.491 e. The minimum absolute atomic E-state index is 0.0546. The Kier molecular flexibility index (Phi) is 5.47. The van der Waals surface area contributed by atoms with E-state index in [-0.39, 0.29) is 5.12 Å². The predicted octanol–water partition coefficient (Wildman–Crippen LogP) is 3.27. The fourth-order valence-corrected chi connectivity index (χ4v) is 2.81. The van der Waals surface area contributed by atoms with Gasteiger partial charge in [0.25, 0.3) is 0 Å². The number of aromatic nitrogens is 1.